The standard InChI is InChI=1S/C20H22Cl2N2O3/c1-13(20(26)23-2)24(12-14-6-4-7-15(10-14)27-3)19(25)11-16-17(21)8-5-9-18(16)22/h4-10,13H,11-12H2,1-3H3,(H,23,26)/t13-/m1/s1. The predicted molar refractivity (Wildman–Crippen MR) is 107 cm³/mol. The van der Waals surface area contributed by atoms with Crippen LogP contribution in [0, 0.1) is 0 Å². The summed E-state index contributed by atoms with van der Waals surface area (Å²) in [6, 6.07) is 11.8. The number of rotatable bonds is 7. The number of nitrogens with one attached hydrogen (secondary N) is 1. The number of carbonyl (C=O) groups is 2. The highest BCUT2D eigenvalue weighted by Crippen LogP contribution is 2.26. The Morgan fingerprint density at radius 2 is 1.78 bits per heavy atom. The summed E-state index contributed by atoms with van der Waals surface area (Å²) in [6.45, 7) is 1.94. The van der Waals surface area contributed by atoms with Crippen LogP contribution in [-0.4, -0.2) is 36.9 Å². The van der Waals surface area contributed by atoms with Crippen molar-refractivity contribution in [3.63, 3.8) is 0 Å². The van der Waals surface area contributed by atoms with E-state index in [1.807, 2.05) is 24.3 Å². The van der Waals surface area contributed by atoms with Crippen molar-refractivity contribution in [1.82, 2.24) is 10.2 Å². The normalized spacial score (nSPS) is 11.6. The lowest BCUT2D eigenvalue weighted by molar-refractivity contribution is -0.139. The van der Waals surface area contributed by atoms with Gasteiger partial charge in [0.25, 0.3) is 0 Å². The zero-order chi connectivity index (χ0) is 20.0. The molecule has 27 heavy (non-hydrogen) atoms. The number of ether oxygens (including phenoxy) is 1. The Bertz CT molecular complexity index is 806. The highest BCUT2D eigenvalue weighted by molar-refractivity contribution is 6.36. The van der Waals surface area contributed by atoms with Gasteiger partial charge < -0.3 is 15.0 Å². The van der Waals surface area contributed by atoms with E-state index in [0.717, 1.165) is 5.56 Å². The second-order valence-electron chi connectivity index (χ2n) is 6.04. The minimum absolute atomic E-state index is 0.00378. The number of halogens is 2. The van der Waals surface area contributed by atoms with Crippen LogP contribution in [0.3, 0.4) is 0 Å². The zero-order valence-corrected chi connectivity index (χ0v) is 17.0. The number of nitrogens with zero attached hydrogens (tertiary/aromatic N) is 1. The summed E-state index contributed by atoms with van der Waals surface area (Å²) >= 11 is 12.4. The molecule has 0 saturated heterocycles. The third-order valence-corrected chi connectivity index (χ3v) is 5.00. The van der Waals surface area contributed by atoms with Crippen LogP contribution >= 0.6 is 23.2 Å². The lowest BCUT2D eigenvalue weighted by Gasteiger charge is -2.29. The Morgan fingerprint density at radius 3 is 2.37 bits per heavy atom. The van der Waals surface area contributed by atoms with Crippen LogP contribution in [0.2, 0.25) is 10.0 Å². The fraction of sp³-hybridized carbons (Fsp3) is 0.300. The first-order valence-electron chi connectivity index (χ1n) is 8.44. The maximum atomic E-state index is 13.0. The number of methoxy groups -OCH3 is 1. The molecule has 0 bridgehead atoms. The summed E-state index contributed by atoms with van der Waals surface area (Å²) in [6.07, 6.45) is 0.00378. The number of hydrogen-bond donors (Lipinski definition) is 1. The van der Waals surface area contributed by atoms with E-state index in [1.54, 1.807) is 32.2 Å². The predicted octanol–water partition coefficient (Wildman–Crippen LogP) is 3.71. The van der Waals surface area contributed by atoms with Crippen molar-refractivity contribution >= 4 is 35.0 Å². The van der Waals surface area contributed by atoms with Gasteiger partial charge in [0.1, 0.15) is 11.8 Å². The van der Waals surface area contributed by atoms with Gasteiger partial charge in [0.05, 0.1) is 13.5 Å². The lowest BCUT2D eigenvalue weighted by Crippen LogP contribution is -2.47. The molecule has 0 aromatic heterocycles. The van der Waals surface area contributed by atoms with Crippen molar-refractivity contribution in [3.8, 4) is 5.75 Å². The Labute approximate surface area is 169 Å². The van der Waals surface area contributed by atoms with Gasteiger partial charge in [-0.2, -0.15) is 0 Å². The lowest BCUT2D eigenvalue weighted by atomic mass is 10.1. The molecule has 0 aliphatic heterocycles. The van der Waals surface area contributed by atoms with Gasteiger partial charge in [-0.15, -0.1) is 0 Å². The van der Waals surface area contributed by atoms with Gasteiger partial charge >= 0.3 is 0 Å². The van der Waals surface area contributed by atoms with Crippen LogP contribution in [0.5, 0.6) is 5.75 Å². The van der Waals surface area contributed by atoms with E-state index in [-0.39, 0.29) is 24.8 Å². The molecule has 2 aromatic rings. The third kappa shape index (κ3) is 5.37. The zero-order valence-electron chi connectivity index (χ0n) is 15.5. The topological polar surface area (TPSA) is 58.6 Å². The molecule has 0 radical (unpaired) electrons. The van der Waals surface area contributed by atoms with Gasteiger partial charge in [-0.25, -0.2) is 0 Å². The second-order valence-corrected chi connectivity index (χ2v) is 6.85. The van der Waals surface area contributed by atoms with Crippen molar-refractivity contribution < 1.29 is 14.3 Å². The molecular formula is C20H22Cl2N2O3. The highest BCUT2D eigenvalue weighted by Gasteiger charge is 2.26. The van der Waals surface area contributed by atoms with Gasteiger partial charge in [-0.1, -0.05) is 41.4 Å². The van der Waals surface area contributed by atoms with E-state index >= 15 is 0 Å². The quantitative estimate of drug-likeness (QED) is 0.759. The molecule has 2 amide bonds. The van der Waals surface area contributed by atoms with Gasteiger partial charge in [0.2, 0.25) is 11.8 Å². The third-order valence-electron chi connectivity index (χ3n) is 4.29. The second kappa shape index (κ2) is 9.62. The first kappa shape index (κ1) is 21.1. The van der Waals surface area contributed by atoms with Crippen LogP contribution in [0.4, 0.5) is 0 Å². The number of amides is 2. The molecule has 1 N–H and O–H groups in total. The Hall–Kier alpha value is -2.24. The van der Waals surface area contributed by atoms with Gasteiger partial charge in [-0.05, 0) is 42.3 Å². The average molecular weight is 409 g/mol. The molecule has 0 unspecified atom stereocenters. The van der Waals surface area contributed by atoms with Crippen molar-refractivity contribution in [3.05, 3.63) is 63.6 Å². The summed E-state index contributed by atoms with van der Waals surface area (Å²) in [7, 11) is 3.12. The fourth-order valence-electron chi connectivity index (χ4n) is 2.71. The molecule has 0 heterocycles. The Morgan fingerprint density at radius 1 is 1.15 bits per heavy atom. The number of hydrogen-bond acceptors (Lipinski definition) is 3. The number of likely N-dealkylation sites (N-methyl/N-ethyl adjacent to an activating group) is 1. The molecule has 7 heteroatoms. The van der Waals surface area contributed by atoms with Gasteiger partial charge in [-0.3, -0.25) is 9.59 Å². The minimum Gasteiger partial charge on any atom is -0.497 e. The van der Waals surface area contributed by atoms with Crippen LogP contribution in [-0.2, 0) is 22.6 Å². The molecule has 0 aliphatic rings. The first-order chi connectivity index (χ1) is 12.9. The van der Waals surface area contributed by atoms with Crippen LogP contribution in [0.1, 0.15) is 18.1 Å². The molecular weight excluding hydrogens is 387 g/mol. The Balaban J connectivity index is 2.31. The van der Waals surface area contributed by atoms with Crippen molar-refractivity contribution in [2.75, 3.05) is 14.2 Å². The molecule has 0 fully saturated rings. The van der Waals surface area contributed by atoms with Crippen LogP contribution in [0.15, 0.2) is 42.5 Å². The summed E-state index contributed by atoms with van der Waals surface area (Å²) in [5.74, 6) is 0.182. The van der Waals surface area contributed by atoms with Crippen molar-refractivity contribution in [2.24, 2.45) is 0 Å². The van der Waals surface area contributed by atoms with Crippen molar-refractivity contribution in [2.45, 2.75) is 25.9 Å². The Kier molecular flexibility index (Phi) is 7.51. The molecule has 144 valence electrons. The van der Waals surface area contributed by atoms with E-state index < -0.39 is 6.04 Å². The van der Waals surface area contributed by atoms with Gasteiger partial charge in [0, 0.05) is 23.6 Å². The molecule has 0 spiro atoms. The largest absolute Gasteiger partial charge is 0.497 e. The van der Waals surface area contributed by atoms with Crippen LogP contribution < -0.4 is 10.1 Å². The molecule has 1 atom stereocenters. The maximum absolute atomic E-state index is 13.0. The summed E-state index contributed by atoms with van der Waals surface area (Å²) < 4.78 is 5.24. The summed E-state index contributed by atoms with van der Waals surface area (Å²) in [5, 5.41) is 3.43. The summed E-state index contributed by atoms with van der Waals surface area (Å²) in [4.78, 5) is 26.7. The fourth-order valence-corrected chi connectivity index (χ4v) is 3.24. The maximum Gasteiger partial charge on any atom is 0.242 e. The minimum atomic E-state index is -0.657. The molecule has 2 rings (SSSR count). The van der Waals surface area contributed by atoms with Crippen molar-refractivity contribution in [1.29, 1.82) is 0 Å². The first-order valence-corrected chi connectivity index (χ1v) is 9.19. The van der Waals surface area contributed by atoms with E-state index in [1.165, 1.54) is 11.9 Å². The SMILES string of the molecule is CNC(=O)[C@@H](C)N(Cc1cccc(OC)c1)C(=O)Cc1c(Cl)cccc1Cl. The molecule has 0 aliphatic carbocycles. The molecule has 2 aromatic carbocycles. The van der Waals surface area contributed by atoms with E-state index in [0.29, 0.717) is 21.4 Å². The summed E-state index contributed by atoms with van der Waals surface area (Å²) in [5.41, 5.74) is 1.40. The monoisotopic (exact) mass is 408 g/mol. The number of benzene rings is 2. The van der Waals surface area contributed by atoms with Crippen LogP contribution in [0.25, 0.3) is 0 Å². The smallest absolute Gasteiger partial charge is 0.242 e. The van der Waals surface area contributed by atoms with E-state index in [9.17, 15) is 9.59 Å². The highest BCUT2D eigenvalue weighted by atomic mass is 35.5. The van der Waals surface area contributed by atoms with E-state index in [4.69, 9.17) is 27.9 Å². The average Bonchev–Trinajstić information content (AvgIpc) is 2.67. The molecule has 0 saturated carbocycles. The van der Waals surface area contributed by atoms with Gasteiger partial charge in [0.15, 0.2) is 0 Å². The number of carbonyl (C=O) groups excluding carboxylic acids is 2. The molecule has 5 nitrogen and oxygen atoms in total. The van der Waals surface area contributed by atoms with E-state index in [2.05, 4.69) is 5.32 Å².